The molecule has 0 aliphatic heterocycles. The zero-order valence-electron chi connectivity index (χ0n) is 23.5. The number of nitrogens with zero attached hydrogens (tertiary/aromatic N) is 5. The van der Waals surface area contributed by atoms with Gasteiger partial charge >= 0.3 is 0 Å². The van der Waals surface area contributed by atoms with Crippen molar-refractivity contribution < 1.29 is 0 Å². The normalized spacial score (nSPS) is 11.6. The van der Waals surface area contributed by atoms with Gasteiger partial charge in [-0.3, -0.25) is 0 Å². The lowest BCUT2D eigenvalue weighted by atomic mass is 9.96. The predicted molar refractivity (Wildman–Crippen MR) is 179 cm³/mol. The highest BCUT2D eigenvalue weighted by Crippen LogP contribution is 2.35. The molecule has 5 heteroatoms. The summed E-state index contributed by atoms with van der Waals surface area (Å²) in [4.78, 5) is 5.25. The lowest BCUT2D eigenvalue weighted by Gasteiger charge is -2.12. The SMILES string of the molecule is c1ccc2cc3cc(-c4cc(-c5ccc6nnnnc6c5)cc(-c5ccc6cc7ccccc7cc6c5)n4)ccc3cc2c1. The second-order valence-electron chi connectivity index (χ2n) is 11.2. The van der Waals surface area contributed by atoms with Gasteiger partial charge in [-0.25, -0.2) is 4.98 Å². The smallest absolute Gasteiger partial charge is 0.116 e. The Bertz CT molecular complexity index is 2440. The minimum Gasteiger partial charge on any atom is -0.248 e. The van der Waals surface area contributed by atoms with E-state index in [2.05, 4.69) is 148 Å². The van der Waals surface area contributed by atoms with E-state index in [0.717, 1.165) is 33.6 Å². The summed E-state index contributed by atoms with van der Waals surface area (Å²) < 4.78 is 0. The number of pyridine rings is 1. The Labute approximate surface area is 252 Å². The van der Waals surface area contributed by atoms with Gasteiger partial charge in [0.1, 0.15) is 11.0 Å². The molecule has 2 aromatic heterocycles. The van der Waals surface area contributed by atoms with Crippen molar-refractivity contribution in [3.8, 4) is 33.6 Å². The van der Waals surface area contributed by atoms with E-state index >= 15 is 0 Å². The molecular weight excluding hydrogens is 538 g/mol. The topological polar surface area (TPSA) is 64.5 Å². The predicted octanol–water partition coefficient (Wildman–Crippen LogP) is 9.43. The van der Waals surface area contributed by atoms with Gasteiger partial charge in [0.05, 0.1) is 11.4 Å². The summed E-state index contributed by atoms with van der Waals surface area (Å²) in [6.45, 7) is 0. The number of rotatable bonds is 3. The third-order valence-corrected chi connectivity index (χ3v) is 8.48. The standard InChI is InChI=1S/C39H23N5/c1-3-7-26-17-33-19-31(11-9-28(33)15-24(26)5-1)37-22-35(30-13-14-36-39(21-30)42-44-43-41-36)23-38(40-37)32-12-10-29-16-25-6-2-4-8-27(25)18-34(29)20-32/h1-23H. The van der Waals surface area contributed by atoms with Crippen molar-refractivity contribution in [1.29, 1.82) is 0 Å². The van der Waals surface area contributed by atoms with E-state index in [9.17, 15) is 0 Å². The second-order valence-corrected chi connectivity index (χ2v) is 11.2. The molecule has 2 heterocycles. The monoisotopic (exact) mass is 561 g/mol. The maximum absolute atomic E-state index is 5.25. The van der Waals surface area contributed by atoms with Gasteiger partial charge in [0.25, 0.3) is 0 Å². The van der Waals surface area contributed by atoms with Gasteiger partial charge in [-0.2, -0.15) is 0 Å². The van der Waals surface area contributed by atoms with Crippen LogP contribution in [0.25, 0.3) is 87.8 Å². The molecular formula is C39H23N5. The van der Waals surface area contributed by atoms with Gasteiger partial charge in [-0.05, 0) is 125 Å². The van der Waals surface area contributed by atoms with Crippen molar-refractivity contribution in [3.63, 3.8) is 0 Å². The first-order chi connectivity index (χ1) is 21.7. The quantitative estimate of drug-likeness (QED) is 0.201. The lowest BCUT2D eigenvalue weighted by Crippen LogP contribution is -1.94. The van der Waals surface area contributed by atoms with Crippen LogP contribution >= 0.6 is 0 Å². The van der Waals surface area contributed by atoms with Crippen LogP contribution in [0.4, 0.5) is 0 Å². The molecule has 0 radical (unpaired) electrons. The number of hydrogen-bond donors (Lipinski definition) is 0. The maximum Gasteiger partial charge on any atom is 0.116 e. The van der Waals surface area contributed by atoms with E-state index in [0.29, 0.717) is 11.0 Å². The van der Waals surface area contributed by atoms with Crippen molar-refractivity contribution in [3.05, 3.63) is 140 Å². The molecule has 204 valence electrons. The van der Waals surface area contributed by atoms with E-state index in [1.165, 1.54) is 43.1 Å². The van der Waals surface area contributed by atoms with Crippen LogP contribution in [-0.2, 0) is 0 Å². The highest BCUT2D eigenvalue weighted by atomic mass is 15.4. The van der Waals surface area contributed by atoms with Crippen LogP contribution in [0.1, 0.15) is 0 Å². The van der Waals surface area contributed by atoms with Crippen LogP contribution in [-0.4, -0.2) is 25.6 Å². The van der Waals surface area contributed by atoms with Crippen molar-refractivity contribution in [2.45, 2.75) is 0 Å². The van der Waals surface area contributed by atoms with Crippen molar-refractivity contribution in [2.24, 2.45) is 0 Å². The average Bonchev–Trinajstić information content (AvgIpc) is 3.09. The minimum absolute atomic E-state index is 0.701. The van der Waals surface area contributed by atoms with E-state index in [-0.39, 0.29) is 0 Å². The molecule has 0 atom stereocenters. The third kappa shape index (κ3) is 4.22. The summed E-state index contributed by atoms with van der Waals surface area (Å²) in [6.07, 6.45) is 0. The highest BCUT2D eigenvalue weighted by Gasteiger charge is 2.12. The van der Waals surface area contributed by atoms with Crippen LogP contribution in [0.3, 0.4) is 0 Å². The first-order valence-corrected chi connectivity index (χ1v) is 14.6. The lowest BCUT2D eigenvalue weighted by molar-refractivity contribution is 0.797. The number of fused-ring (bicyclic) bond motifs is 5. The molecule has 5 nitrogen and oxygen atoms in total. The molecule has 0 unspecified atom stereocenters. The fourth-order valence-corrected chi connectivity index (χ4v) is 6.20. The molecule has 0 N–H and O–H groups in total. The van der Waals surface area contributed by atoms with Crippen molar-refractivity contribution in [1.82, 2.24) is 25.6 Å². The highest BCUT2D eigenvalue weighted by molar-refractivity contribution is 6.01. The molecule has 7 aromatic carbocycles. The van der Waals surface area contributed by atoms with Crippen LogP contribution in [0.15, 0.2) is 140 Å². The van der Waals surface area contributed by atoms with Gasteiger partial charge in [-0.1, -0.05) is 78.9 Å². The van der Waals surface area contributed by atoms with Gasteiger partial charge in [0.15, 0.2) is 0 Å². The van der Waals surface area contributed by atoms with E-state index < -0.39 is 0 Å². The molecule has 0 saturated heterocycles. The molecule has 0 fully saturated rings. The fraction of sp³-hybridized carbons (Fsp3) is 0. The Morgan fingerprint density at radius 3 is 1.30 bits per heavy atom. The Morgan fingerprint density at radius 2 is 0.750 bits per heavy atom. The van der Waals surface area contributed by atoms with Gasteiger partial charge in [0, 0.05) is 11.1 Å². The summed E-state index contributed by atoms with van der Waals surface area (Å²) in [5.74, 6) is 0. The molecule has 9 aromatic rings. The molecule has 0 spiro atoms. The van der Waals surface area contributed by atoms with E-state index in [1.54, 1.807) is 0 Å². The summed E-state index contributed by atoms with van der Waals surface area (Å²) in [6, 6.07) is 49.5. The molecule has 44 heavy (non-hydrogen) atoms. The first kappa shape index (κ1) is 24.5. The van der Waals surface area contributed by atoms with Crippen molar-refractivity contribution >= 4 is 54.1 Å². The van der Waals surface area contributed by atoms with Crippen LogP contribution in [0, 0.1) is 0 Å². The van der Waals surface area contributed by atoms with Gasteiger partial charge in [-0.15, -0.1) is 10.2 Å². The summed E-state index contributed by atoms with van der Waals surface area (Å²) in [5, 5.41) is 25.5. The Morgan fingerprint density at radius 1 is 0.295 bits per heavy atom. The maximum atomic E-state index is 5.25. The largest absolute Gasteiger partial charge is 0.248 e. The molecule has 0 saturated carbocycles. The Balaban J connectivity index is 1.24. The molecule has 9 rings (SSSR count). The first-order valence-electron chi connectivity index (χ1n) is 14.6. The summed E-state index contributed by atoms with van der Waals surface area (Å²) in [7, 11) is 0. The molecule has 0 bridgehead atoms. The van der Waals surface area contributed by atoms with E-state index in [4.69, 9.17) is 4.98 Å². The average molecular weight is 562 g/mol. The van der Waals surface area contributed by atoms with Crippen LogP contribution in [0.5, 0.6) is 0 Å². The zero-order chi connectivity index (χ0) is 29.0. The zero-order valence-corrected chi connectivity index (χ0v) is 23.5. The Kier molecular flexibility index (Phi) is 5.43. The van der Waals surface area contributed by atoms with Crippen LogP contribution in [0.2, 0.25) is 0 Å². The van der Waals surface area contributed by atoms with Crippen LogP contribution < -0.4 is 0 Å². The number of hydrogen-bond acceptors (Lipinski definition) is 5. The van der Waals surface area contributed by atoms with Gasteiger partial charge < -0.3 is 0 Å². The minimum atomic E-state index is 0.701. The van der Waals surface area contributed by atoms with Crippen molar-refractivity contribution in [2.75, 3.05) is 0 Å². The summed E-state index contributed by atoms with van der Waals surface area (Å²) in [5.41, 5.74) is 7.42. The molecule has 0 aliphatic rings. The third-order valence-electron chi connectivity index (χ3n) is 8.48. The number of aromatic nitrogens is 5. The Hall–Kier alpha value is -6.07. The summed E-state index contributed by atoms with van der Waals surface area (Å²) >= 11 is 0. The van der Waals surface area contributed by atoms with Gasteiger partial charge in [0.2, 0.25) is 0 Å². The molecule has 0 amide bonds. The number of benzene rings is 7. The fourth-order valence-electron chi connectivity index (χ4n) is 6.20. The second kappa shape index (κ2) is 9.75. The molecule has 0 aliphatic carbocycles. The van der Waals surface area contributed by atoms with E-state index in [1.807, 2.05) is 12.1 Å².